The minimum atomic E-state index is -3.63. The van der Waals surface area contributed by atoms with Gasteiger partial charge < -0.3 is 10.1 Å². The van der Waals surface area contributed by atoms with Crippen LogP contribution in [0, 0.1) is 0 Å². The number of likely N-dealkylation sites (N-methyl/N-ethyl adjacent to an activating group) is 1. The second-order valence-electron chi connectivity index (χ2n) is 8.69. The van der Waals surface area contributed by atoms with Gasteiger partial charge in [0.25, 0.3) is 0 Å². The molecule has 0 aliphatic carbocycles. The first-order valence-electron chi connectivity index (χ1n) is 11.7. The molecule has 1 unspecified atom stereocenters. The van der Waals surface area contributed by atoms with Gasteiger partial charge in [-0.15, -0.1) is 0 Å². The summed E-state index contributed by atoms with van der Waals surface area (Å²) in [6.07, 6.45) is 0. The largest absolute Gasteiger partial charge is 0.379 e. The lowest BCUT2D eigenvalue weighted by Gasteiger charge is -2.26. The number of hydrogen-bond acceptors (Lipinski definition) is 5. The smallest absolute Gasteiger partial charge is 0.243 e. The standard InChI is InChI=1S/C27H31N3O4S/c1-21(29(2)20-22-11-13-24(14-12-22)23-7-4-3-5-8-23)27(31)28-25-9-6-10-26(19-25)35(32,33)30-15-17-34-18-16-30/h3-14,19,21H,15-18,20H2,1-2H3,(H,28,31). The summed E-state index contributed by atoms with van der Waals surface area (Å²) < 4.78 is 32.5. The Balaban J connectivity index is 1.38. The van der Waals surface area contributed by atoms with E-state index >= 15 is 0 Å². The molecule has 184 valence electrons. The monoisotopic (exact) mass is 493 g/mol. The average molecular weight is 494 g/mol. The van der Waals surface area contributed by atoms with Gasteiger partial charge in [-0.3, -0.25) is 9.69 Å². The number of hydrogen-bond donors (Lipinski definition) is 1. The van der Waals surface area contributed by atoms with E-state index in [0.29, 0.717) is 38.5 Å². The van der Waals surface area contributed by atoms with Gasteiger partial charge in [0.2, 0.25) is 15.9 Å². The molecular formula is C27H31N3O4S. The van der Waals surface area contributed by atoms with Crippen LogP contribution in [0.15, 0.2) is 83.8 Å². The second-order valence-corrected chi connectivity index (χ2v) is 10.6. The van der Waals surface area contributed by atoms with Gasteiger partial charge in [0.05, 0.1) is 24.2 Å². The van der Waals surface area contributed by atoms with Crippen LogP contribution in [-0.4, -0.2) is 62.9 Å². The predicted molar refractivity (Wildman–Crippen MR) is 137 cm³/mol. The molecule has 1 fully saturated rings. The van der Waals surface area contributed by atoms with Crippen LogP contribution in [0.5, 0.6) is 0 Å². The van der Waals surface area contributed by atoms with Gasteiger partial charge in [0.15, 0.2) is 0 Å². The summed E-state index contributed by atoms with van der Waals surface area (Å²) in [7, 11) is -1.73. The first-order valence-corrected chi connectivity index (χ1v) is 13.1. The minimum Gasteiger partial charge on any atom is -0.379 e. The van der Waals surface area contributed by atoms with Crippen molar-refractivity contribution < 1.29 is 17.9 Å². The predicted octanol–water partition coefficient (Wildman–Crippen LogP) is 3.83. The maximum absolute atomic E-state index is 12.9. The Morgan fingerprint density at radius 2 is 1.63 bits per heavy atom. The summed E-state index contributed by atoms with van der Waals surface area (Å²) in [4.78, 5) is 15.0. The highest BCUT2D eigenvalue weighted by Crippen LogP contribution is 2.22. The lowest BCUT2D eigenvalue weighted by atomic mass is 10.0. The van der Waals surface area contributed by atoms with Crippen LogP contribution in [0.3, 0.4) is 0 Å². The maximum Gasteiger partial charge on any atom is 0.243 e. The number of amides is 1. The Kier molecular flexibility index (Phi) is 7.97. The van der Waals surface area contributed by atoms with Crippen LogP contribution in [-0.2, 0) is 26.1 Å². The van der Waals surface area contributed by atoms with Crippen molar-refractivity contribution >= 4 is 21.6 Å². The van der Waals surface area contributed by atoms with Crippen molar-refractivity contribution in [2.24, 2.45) is 0 Å². The number of anilines is 1. The van der Waals surface area contributed by atoms with Crippen LogP contribution in [0.25, 0.3) is 11.1 Å². The molecule has 0 spiro atoms. The van der Waals surface area contributed by atoms with Crippen molar-refractivity contribution in [3.8, 4) is 11.1 Å². The van der Waals surface area contributed by atoms with Gasteiger partial charge in [-0.2, -0.15) is 4.31 Å². The Hall–Kier alpha value is -3.04. The SMILES string of the molecule is CC(C(=O)Nc1cccc(S(=O)(=O)N2CCOCC2)c1)N(C)Cc1ccc(-c2ccccc2)cc1. The fourth-order valence-electron chi connectivity index (χ4n) is 3.98. The summed E-state index contributed by atoms with van der Waals surface area (Å²) >= 11 is 0. The molecular weight excluding hydrogens is 462 g/mol. The third kappa shape index (κ3) is 6.15. The van der Waals surface area contributed by atoms with E-state index in [4.69, 9.17) is 4.74 Å². The molecule has 0 aromatic heterocycles. The van der Waals surface area contributed by atoms with E-state index in [9.17, 15) is 13.2 Å². The first kappa shape index (κ1) is 25.1. The van der Waals surface area contributed by atoms with Gasteiger partial charge in [0, 0.05) is 25.3 Å². The molecule has 0 bridgehead atoms. The lowest BCUT2D eigenvalue weighted by Crippen LogP contribution is -2.40. The number of nitrogens with one attached hydrogen (secondary N) is 1. The fraction of sp³-hybridized carbons (Fsp3) is 0.296. The van der Waals surface area contributed by atoms with E-state index in [0.717, 1.165) is 16.7 Å². The van der Waals surface area contributed by atoms with Crippen molar-refractivity contribution in [3.05, 3.63) is 84.4 Å². The Bertz CT molecular complexity index is 1240. The Morgan fingerprint density at radius 1 is 0.971 bits per heavy atom. The number of carbonyl (C=O) groups is 1. The van der Waals surface area contributed by atoms with Gasteiger partial charge in [-0.1, -0.05) is 60.7 Å². The molecule has 0 radical (unpaired) electrons. The summed E-state index contributed by atoms with van der Waals surface area (Å²) in [5.41, 5.74) is 3.87. The molecule has 1 atom stereocenters. The molecule has 7 nitrogen and oxygen atoms in total. The topological polar surface area (TPSA) is 79.0 Å². The number of carbonyl (C=O) groups excluding carboxylic acids is 1. The van der Waals surface area contributed by atoms with Crippen LogP contribution in [0.1, 0.15) is 12.5 Å². The van der Waals surface area contributed by atoms with E-state index in [-0.39, 0.29) is 10.8 Å². The second kappa shape index (κ2) is 11.1. The first-order chi connectivity index (χ1) is 16.8. The number of morpholine rings is 1. The highest BCUT2D eigenvalue weighted by atomic mass is 32.2. The van der Waals surface area contributed by atoms with E-state index in [1.807, 2.05) is 37.1 Å². The molecule has 1 heterocycles. The number of sulfonamides is 1. The summed E-state index contributed by atoms with van der Waals surface area (Å²) in [5.74, 6) is -0.200. The summed E-state index contributed by atoms with van der Waals surface area (Å²) in [6, 6.07) is 24.5. The lowest BCUT2D eigenvalue weighted by molar-refractivity contribution is -0.120. The highest BCUT2D eigenvalue weighted by molar-refractivity contribution is 7.89. The zero-order valence-corrected chi connectivity index (χ0v) is 20.9. The van der Waals surface area contributed by atoms with E-state index < -0.39 is 16.1 Å². The quantitative estimate of drug-likeness (QED) is 0.516. The van der Waals surface area contributed by atoms with Gasteiger partial charge >= 0.3 is 0 Å². The zero-order chi connectivity index (χ0) is 24.8. The van der Waals surface area contributed by atoms with Crippen LogP contribution in [0.4, 0.5) is 5.69 Å². The third-order valence-corrected chi connectivity index (χ3v) is 8.14. The van der Waals surface area contributed by atoms with Crippen molar-refractivity contribution in [3.63, 3.8) is 0 Å². The number of benzene rings is 3. The maximum atomic E-state index is 12.9. The number of ether oxygens (including phenoxy) is 1. The molecule has 8 heteroatoms. The molecule has 35 heavy (non-hydrogen) atoms. The van der Waals surface area contributed by atoms with Crippen molar-refractivity contribution in [2.75, 3.05) is 38.7 Å². The molecule has 1 saturated heterocycles. The van der Waals surface area contributed by atoms with Crippen LogP contribution >= 0.6 is 0 Å². The highest BCUT2D eigenvalue weighted by Gasteiger charge is 2.27. The number of rotatable bonds is 8. The van der Waals surface area contributed by atoms with Crippen molar-refractivity contribution in [2.45, 2.75) is 24.4 Å². The Morgan fingerprint density at radius 3 is 2.31 bits per heavy atom. The third-order valence-electron chi connectivity index (χ3n) is 6.24. The van der Waals surface area contributed by atoms with Crippen LogP contribution in [0.2, 0.25) is 0 Å². The molecule has 1 amide bonds. The van der Waals surface area contributed by atoms with Gasteiger partial charge in [0.1, 0.15) is 0 Å². The van der Waals surface area contributed by atoms with Gasteiger partial charge in [-0.05, 0) is 48.9 Å². The molecule has 4 rings (SSSR count). The fourth-order valence-corrected chi connectivity index (χ4v) is 5.43. The molecule has 3 aromatic carbocycles. The summed E-state index contributed by atoms with van der Waals surface area (Å²) in [6.45, 7) is 3.86. The van der Waals surface area contributed by atoms with Crippen molar-refractivity contribution in [1.29, 1.82) is 0 Å². The molecule has 0 saturated carbocycles. The normalized spacial score (nSPS) is 15.6. The van der Waals surface area contributed by atoms with Crippen molar-refractivity contribution in [1.82, 2.24) is 9.21 Å². The Labute approximate surface area is 207 Å². The van der Waals surface area contributed by atoms with E-state index in [1.165, 1.54) is 10.4 Å². The molecule has 1 aliphatic rings. The minimum absolute atomic E-state index is 0.164. The summed E-state index contributed by atoms with van der Waals surface area (Å²) in [5, 5.41) is 2.87. The number of nitrogens with zero attached hydrogens (tertiary/aromatic N) is 2. The van der Waals surface area contributed by atoms with Crippen LogP contribution < -0.4 is 5.32 Å². The average Bonchev–Trinajstić information content (AvgIpc) is 2.90. The molecule has 1 N–H and O–H groups in total. The van der Waals surface area contributed by atoms with E-state index in [1.54, 1.807) is 18.2 Å². The zero-order valence-electron chi connectivity index (χ0n) is 20.1. The molecule has 1 aliphatic heterocycles. The van der Waals surface area contributed by atoms with E-state index in [2.05, 4.69) is 41.7 Å². The van der Waals surface area contributed by atoms with Gasteiger partial charge in [-0.25, -0.2) is 8.42 Å². The molecule has 3 aromatic rings.